The van der Waals surface area contributed by atoms with E-state index < -0.39 is 5.82 Å². The van der Waals surface area contributed by atoms with Crippen LogP contribution in [0, 0.1) is 23.6 Å². The van der Waals surface area contributed by atoms with Crippen molar-refractivity contribution in [3.63, 3.8) is 0 Å². The molecule has 4 N–H and O–H groups in total. The highest BCUT2D eigenvalue weighted by atomic mass is 32.2. The molecule has 0 spiro atoms. The average molecular weight is 397 g/mol. The Bertz CT molecular complexity index is 967. The lowest BCUT2D eigenvalue weighted by molar-refractivity contribution is -0.123. The van der Waals surface area contributed by atoms with Gasteiger partial charge in [-0.1, -0.05) is 12.1 Å². The molecule has 0 radical (unpaired) electrons. The summed E-state index contributed by atoms with van der Waals surface area (Å²) in [5.41, 5.74) is 7.58. The summed E-state index contributed by atoms with van der Waals surface area (Å²) < 4.78 is 14.4. The van der Waals surface area contributed by atoms with Gasteiger partial charge < -0.3 is 16.4 Å². The van der Waals surface area contributed by atoms with Crippen molar-refractivity contribution in [3.05, 3.63) is 47.3 Å². The third-order valence-corrected chi connectivity index (χ3v) is 7.16. The predicted octanol–water partition coefficient (Wildman–Crippen LogP) is 3.37. The maximum atomic E-state index is 14.4. The number of hydrogen-bond acceptors (Lipinski definition) is 6. The van der Waals surface area contributed by atoms with Crippen LogP contribution in [0.2, 0.25) is 0 Å². The van der Waals surface area contributed by atoms with E-state index in [1.165, 1.54) is 0 Å². The number of anilines is 3. The molecule has 28 heavy (non-hydrogen) atoms. The molecule has 5 atom stereocenters. The lowest BCUT2D eigenvalue weighted by atomic mass is 9.83. The van der Waals surface area contributed by atoms with Crippen LogP contribution in [0.15, 0.2) is 35.9 Å². The number of aromatic nitrogens is 2. The molecular weight excluding hydrogens is 377 g/mol. The Kier molecular flexibility index (Phi) is 4.23. The highest BCUT2D eigenvalue weighted by molar-refractivity contribution is 8.02. The molecule has 2 saturated carbocycles. The van der Waals surface area contributed by atoms with Crippen molar-refractivity contribution >= 4 is 41.2 Å². The van der Waals surface area contributed by atoms with E-state index in [9.17, 15) is 9.18 Å². The molecule has 1 aromatic carbocycles. The fraction of sp³-hybridized carbons (Fsp3) is 0.350. The smallest absolute Gasteiger partial charge is 0.229 e. The van der Waals surface area contributed by atoms with Crippen molar-refractivity contribution in [2.24, 2.45) is 23.5 Å². The van der Waals surface area contributed by atoms with E-state index in [1.54, 1.807) is 11.8 Å². The Labute approximate surface area is 166 Å². The number of nitrogens with two attached hydrogens (primary N) is 1. The Hall–Kier alpha value is -2.61. The molecule has 8 heteroatoms. The summed E-state index contributed by atoms with van der Waals surface area (Å²) in [6.45, 7) is 0. The number of thioether (sulfide) groups is 1. The highest BCUT2D eigenvalue weighted by Crippen LogP contribution is 2.53. The van der Waals surface area contributed by atoms with Crippen molar-refractivity contribution in [2.75, 3.05) is 10.6 Å². The van der Waals surface area contributed by atoms with Crippen LogP contribution in [0.4, 0.5) is 21.8 Å². The van der Waals surface area contributed by atoms with Crippen molar-refractivity contribution in [3.8, 4) is 0 Å². The number of halogens is 1. The second-order valence-corrected chi connectivity index (χ2v) is 8.76. The molecule has 0 saturated heterocycles. The van der Waals surface area contributed by atoms with Crippen LogP contribution >= 0.6 is 11.8 Å². The number of primary amides is 1. The first-order valence-electron chi connectivity index (χ1n) is 9.36. The van der Waals surface area contributed by atoms with Crippen molar-refractivity contribution in [1.29, 1.82) is 0 Å². The third-order valence-electron chi connectivity index (χ3n) is 5.98. The molecule has 6 nitrogen and oxygen atoms in total. The number of fused-ring (bicyclic) bond motifs is 5. The summed E-state index contributed by atoms with van der Waals surface area (Å²) in [4.78, 5) is 20.5. The number of amides is 1. The summed E-state index contributed by atoms with van der Waals surface area (Å²) in [7, 11) is 0. The van der Waals surface area contributed by atoms with Crippen LogP contribution in [-0.2, 0) is 4.79 Å². The lowest BCUT2D eigenvalue weighted by Crippen LogP contribution is -2.46. The van der Waals surface area contributed by atoms with Gasteiger partial charge in [-0.25, -0.2) is 9.37 Å². The first kappa shape index (κ1) is 17.5. The van der Waals surface area contributed by atoms with E-state index in [2.05, 4.69) is 32.1 Å². The van der Waals surface area contributed by atoms with E-state index in [4.69, 9.17) is 5.73 Å². The second-order valence-electron chi connectivity index (χ2n) is 7.61. The predicted molar refractivity (Wildman–Crippen MR) is 108 cm³/mol. The molecule has 3 aliphatic rings. The number of nitrogens with one attached hydrogen (secondary N) is 2. The van der Waals surface area contributed by atoms with Crippen molar-refractivity contribution < 1.29 is 9.18 Å². The Morgan fingerprint density at radius 1 is 1.32 bits per heavy atom. The lowest BCUT2D eigenvalue weighted by Gasteiger charge is -2.34. The Morgan fingerprint density at radius 2 is 2.21 bits per heavy atom. The van der Waals surface area contributed by atoms with Crippen LogP contribution in [0.5, 0.6) is 0 Å². The molecular formula is C20H20FN5OS. The minimum atomic E-state index is -0.540. The van der Waals surface area contributed by atoms with E-state index in [0.29, 0.717) is 11.2 Å². The van der Waals surface area contributed by atoms with Gasteiger partial charge in [0.15, 0.2) is 11.6 Å². The fourth-order valence-electron chi connectivity index (χ4n) is 4.82. The van der Waals surface area contributed by atoms with Gasteiger partial charge in [-0.2, -0.15) is 4.98 Å². The molecule has 5 rings (SSSR count). The van der Waals surface area contributed by atoms with Gasteiger partial charge in [-0.3, -0.25) is 4.79 Å². The zero-order valence-corrected chi connectivity index (χ0v) is 15.8. The van der Waals surface area contributed by atoms with Gasteiger partial charge in [0.2, 0.25) is 11.9 Å². The summed E-state index contributed by atoms with van der Waals surface area (Å²) in [5.74, 6) is -0.311. The number of hydrogen-bond donors (Lipinski definition) is 3. The SMILES string of the molecule is NC(=O)[C@H]1[C@H]2C[C@H]3[C@H]1Nc1nc(ncc1F)Nc1cccc(c1)/C=C\S[C@@H]3C2. The maximum absolute atomic E-state index is 14.4. The van der Waals surface area contributed by atoms with E-state index >= 15 is 0 Å². The number of rotatable bonds is 1. The largest absolute Gasteiger partial charge is 0.369 e. The Morgan fingerprint density at radius 3 is 3.07 bits per heavy atom. The van der Waals surface area contributed by atoms with E-state index in [-0.39, 0.29) is 35.5 Å². The summed E-state index contributed by atoms with van der Waals surface area (Å²) in [6.07, 6.45) is 5.10. The number of carbonyl (C=O) groups excluding carboxylic acids is 1. The molecule has 2 fully saturated rings. The highest BCUT2D eigenvalue weighted by Gasteiger charge is 2.55. The minimum absolute atomic E-state index is 0.105. The molecule has 144 valence electrons. The van der Waals surface area contributed by atoms with Crippen molar-refractivity contribution in [2.45, 2.75) is 24.1 Å². The summed E-state index contributed by atoms with van der Waals surface area (Å²) in [6, 6.07) is 7.66. The standard InChI is InChI=1S/C20H20FN5OS/c21-14-9-23-20-24-12-3-1-2-10(6-12)4-5-28-15-8-11-7-13(15)17(16(11)18(22)27)25-19(14)26-20/h1-6,9,11,13,15-17H,7-8H2,(H2,22,27)(H2,23,24,25,26)/b5-4-/t11-,13+,15+,16-,17+/m0/s1. The monoisotopic (exact) mass is 397 g/mol. The average Bonchev–Trinajstić information content (AvgIpc) is 3.22. The third kappa shape index (κ3) is 3.01. The molecule has 1 aliphatic heterocycles. The van der Waals surface area contributed by atoms with Gasteiger partial charge in [-0.15, -0.1) is 11.8 Å². The van der Waals surface area contributed by atoms with Crippen LogP contribution in [0.25, 0.3) is 6.08 Å². The van der Waals surface area contributed by atoms with Crippen LogP contribution in [0.1, 0.15) is 18.4 Å². The summed E-state index contributed by atoms with van der Waals surface area (Å²) in [5, 5.41) is 8.79. The number of carbonyl (C=O) groups is 1. The van der Waals surface area contributed by atoms with Gasteiger partial charge in [0.25, 0.3) is 0 Å². The molecule has 1 aromatic heterocycles. The van der Waals surface area contributed by atoms with Crippen LogP contribution < -0.4 is 16.4 Å². The van der Waals surface area contributed by atoms with Crippen LogP contribution in [0.3, 0.4) is 0 Å². The topological polar surface area (TPSA) is 92.9 Å². The molecule has 0 unspecified atom stereocenters. The molecule has 2 heterocycles. The first-order valence-corrected chi connectivity index (χ1v) is 10.3. The molecule has 1 amide bonds. The second kappa shape index (κ2) is 6.77. The van der Waals surface area contributed by atoms with Gasteiger partial charge in [-0.05, 0) is 53.9 Å². The van der Waals surface area contributed by atoms with Gasteiger partial charge in [0, 0.05) is 17.0 Å². The summed E-state index contributed by atoms with van der Waals surface area (Å²) >= 11 is 1.78. The molecule has 2 aliphatic carbocycles. The van der Waals surface area contributed by atoms with E-state index in [0.717, 1.165) is 30.3 Å². The molecule has 2 aromatic rings. The zero-order valence-electron chi connectivity index (χ0n) is 15.0. The van der Waals surface area contributed by atoms with Crippen LogP contribution in [-0.4, -0.2) is 27.2 Å². The molecule has 6 bridgehead atoms. The fourth-order valence-corrected chi connectivity index (χ4v) is 6.10. The zero-order chi connectivity index (χ0) is 19.3. The number of benzene rings is 1. The van der Waals surface area contributed by atoms with Gasteiger partial charge >= 0.3 is 0 Å². The first-order chi connectivity index (χ1) is 13.6. The maximum Gasteiger partial charge on any atom is 0.229 e. The quantitative estimate of drug-likeness (QED) is 0.683. The van der Waals surface area contributed by atoms with Crippen molar-refractivity contribution in [1.82, 2.24) is 9.97 Å². The number of nitrogens with zero attached hydrogens (tertiary/aromatic N) is 2. The normalized spacial score (nSPS) is 31.4. The van der Waals surface area contributed by atoms with Gasteiger partial charge in [0.1, 0.15) is 0 Å². The van der Waals surface area contributed by atoms with Gasteiger partial charge in [0.05, 0.1) is 12.1 Å². The van der Waals surface area contributed by atoms with E-state index in [1.807, 2.05) is 24.3 Å². The Balaban J connectivity index is 1.57. The minimum Gasteiger partial charge on any atom is -0.369 e.